The van der Waals surface area contributed by atoms with E-state index in [0.717, 1.165) is 0 Å². The van der Waals surface area contributed by atoms with Crippen molar-refractivity contribution in [1.82, 2.24) is 15.0 Å². The number of hydrogen-bond donors (Lipinski definition) is 1. The number of hydrogen-bond acceptors (Lipinski definition) is 10. The highest BCUT2D eigenvalue weighted by Crippen LogP contribution is 2.33. The van der Waals surface area contributed by atoms with Crippen molar-refractivity contribution < 1.29 is 22.8 Å². The topological polar surface area (TPSA) is 133 Å². The van der Waals surface area contributed by atoms with Gasteiger partial charge in [0.1, 0.15) is 16.7 Å². The van der Waals surface area contributed by atoms with Gasteiger partial charge in [0.05, 0.1) is 29.6 Å². The van der Waals surface area contributed by atoms with Crippen LogP contribution < -0.4 is 5.32 Å². The molecule has 0 spiro atoms. The summed E-state index contributed by atoms with van der Waals surface area (Å²) < 4.78 is 30.2. The Morgan fingerprint density at radius 1 is 1.22 bits per heavy atom. The Hall–Kier alpha value is -2.96. The van der Waals surface area contributed by atoms with E-state index in [9.17, 15) is 13.2 Å². The summed E-state index contributed by atoms with van der Waals surface area (Å²) in [5.41, 5.74) is 1.01. The van der Waals surface area contributed by atoms with Crippen LogP contribution in [-0.2, 0) is 24.2 Å². The molecule has 1 saturated carbocycles. The van der Waals surface area contributed by atoms with Gasteiger partial charge in [0.15, 0.2) is 26.8 Å². The minimum Gasteiger partial charge on any atom is -0.389 e. The normalized spacial score (nSPS) is 19.2. The summed E-state index contributed by atoms with van der Waals surface area (Å²) in [6.07, 6.45) is 4.77. The second-order valence-corrected chi connectivity index (χ2v) is 10.7. The number of anilines is 1. The van der Waals surface area contributed by atoms with Gasteiger partial charge < -0.3 is 9.57 Å². The maximum Gasteiger partial charge on any atom is 0.280 e. The maximum absolute atomic E-state index is 13.1. The maximum atomic E-state index is 13.1. The van der Waals surface area contributed by atoms with Crippen LogP contribution in [0.15, 0.2) is 46.8 Å². The van der Waals surface area contributed by atoms with Crippen molar-refractivity contribution in [1.29, 1.82) is 0 Å². The summed E-state index contributed by atoms with van der Waals surface area (Å²) in [6.45, 7) is 0.968. The van der Waals surface area contributed by atoms with Gasteiger partial charge in [-0.05, 0) is 25.0 Å². The van der Waals surface area contributed by atoms with Gasteiger partial charge >= 0.3 is 0 Å². The van der Waals surface area contributed by atoms with Crippen LogP contribution in [0.4, 0.5) is 5.13 Å². The molecule has 1 saturated heterocycles. The molecule has 3 aromatic rings. The average Bonchev–Trinajstić information content (AvgIpc) is 3.39. The number of fused-ring (bicyclic) bond motifs is 1. The summed E-state index contributed by atoms with van der Waals surface area (Å²) in [7, 11) is -3.33. The molecule has 1 atom stereocenters. The van der Waals surface area contributed by atoms with Crippen LogP contribution in [0, 0.1) is 0 Å². The number of rotatable bonds is 7. The number of carbonyl (C=O) groups is 1. The smallest absolute Gasteiger partial charge is 0.280 e. The molecule has 1 aliphatic carbocycles. The lowest BCUT2D eigenvalue weighted by molar-refractivity contribution is -0.110. The number of amides is 1. The number of sulfone groups is 1. The Bertz CT molecular complexity index is 1250. The first kappa shape index (κ1) is 20.9. The Morgan fingerprint density at radius 2 is 2.03 bits per heavy atom. The van der Waals surface area contributed by atoms with Crippen LogP contribution in [0.1, 0.15) is 24.8 Å². The van der Waals surface area contributed by atoms with Crippen molar-refractivity contribution in [2.75, 3.05) is 18.5 Å². The predicted molar refractivity (Wildman–Crippen MR) is 117 cm³/mol. The number of nitrogens with zero attached hydrogens (tertiary/aromatic N) is 4. The van der Waals surface area contributed by atoms with Gasteiger partial charge in [-0.2, -0.15) is 0 Å². The van der Waals surface area contributed by atoms with Crippen molar-refractivity contribution in [2.24, 2.45) is 5.16 Å². The minimum absolute atomic E-state index is 0.0117. The average molecular weight is 474 g/mol. The van der Waals surface area contributed by atoms with Gasteiger partial charge in [0.2, 0.25) is 0 Å². The lowest BCUT2D eigenvalue weighted by atomic mass is 10.1. The van der Waals surface area contributed by atoms with E-state index < -0.39 is 15.7 Å². The number of benzene rings is 1. The van der Waals surface area contributed by atoms with Gasteiger partial charge in [-0.1, -0.05) is 28.6 Å². The molecule has 0 unspecified atom stereocenters. The molecule has 3 heterocycles. The van der Waals surface area contributed by atoms with Crippen molar-refractivity contribution in [3.63, 3.8) is 0 Å². The molecule has 1 N–H and O–H groups in total. The first-order chi connectivity index (χ1) is 15.5. The first-order valence-corrected chi connectivity index (χ1v) is 12.4. The highest BCUT2D eigenvalue weighted by molar-refractivity contribution is 7.92. The fourth-order valence-corrected chi connectivity index (χ4v) is 5.65. The van der Waals surface area contributed by atoms with Gasteiger partial charge in [0.25, 0.3) is 5.91 Å². The van der Waals surface area contributed by atoms with E-state index >= 15 is 0 Å². The molecule has 10 nitrogen and oxygen atoms in total. The van der Waals surface area contributed by atoms with Gasteiger partial charge in [-0.25, -0.2) is 23.4 Å². The van der Waals surface area contributed by atoms with E-state index in [1.165, 1.54) is 29.8 Å². The molecule has 1 amide bonds. The molecule has 32 heavy (non-hydrogen) atoms. The molecule has 2 fully saturated rings. The monoisotopic (exact) mass is 473 g/mol. The molecule has 2 aliphatic rings. The van der Waals surface area contributed by atoms with Crippen molar-refractivity contribution in [3.8, 4) is 0 Å². The SMILES string of the molecule is O=C(Nc1nc2cncnc2s1)C(=NO[C@@H]1CCOC1)c1ccc(S(=O)(=O)C2CC2)cc1. The van der Waals surface area contributed by atoms with Gasteiger partial charge in [0, 0.05) is 12.0 Å². The van der Waals surface area contributed by atoms with Crippen LogP contribution in [0.3, 0.4) is 0 Å². The number of nitrogens with one attached hydrogen (secondary N) is 1. The molecule has 12 heteroatoms. The third-order valence-electron chi connectivity index (χ3n) is 5.11. The number of ether oxygens (including phenoxy) is 1. The van der Waals surface area contributed by atoms with E-state index in [-0.39, 0.29) is 22.0 Å². The van der Waals surface area contributed by atoms with Gasteiger partial charge in [-0.3, -0.25) is 10.1 Å². The standard InChI is InChI=1S/C20H19N5O5S2/c26-18(24-20-23-16-9-21-11-22-19(16)31-20)17(25-30-13-7-8-29-10-13)12-1-3-14(4-2-12)32(27,28)15-5-6-15/h1-4,9,11,13,15H,5-8,10H2,(H,23,24,26)/t13-/m1/s1. The fraction of sp³-hybridized carbons (Fsp3) is 0.350. The summed E-state index contributed by atoms with van der Waals surface area (Å²) in [6, 6.07) is 6.12. The Morgan fingerprint density at radius 3 is 2.72 bits per heavy atom. The lowest BCUT2D eigenvalue weighted by Crippen LogP contribution is -2.25. The largest absolute Gasteiger partial charge is 0.389 e. The van der Waals surface area contributed by atoms with Crippen LogP contribution in [0.2, 0.25) is 0 Å². The molecule has 2 aromatic heterocycles. The van der Waals surface area contributed by atoms with E-state index in [1.807, 2.05) is 0 Å². The second kappa shape index (κ2) is 8.52. The summed E-state index contributed by atoms with van der Waals surface area (Å²) >= 11 is 1.21. The third kappa shape index (κ3) is 4.33. The van der Waals surface area contributed by atoms with Crippen LogP contribution in [0.25, 0.3) is 10.3 Å². The van der Waals surface area contributed by atoms with Crippen LogP contribution >= 0.6 is 11.3 Å². The van der Waals surface area contributed by atoms with Crippen molar-refractivity contribution in [3.05, 3.63) is 42.4 Å². The zero-order valence-corrected chi connectivity index (χ0v) is 18.4. The number of oxime groups is 1. The Balaban J connectivity index is 1.41. The zero-order valence-electron chi connectivity index (χ0n) is 16.8. The summed E-state index contributed by atoms with van der Waals surface area (Å²) in [5, 5.41) is 6.84. The highest BCUT2D eigenvalue weighted by Gasteiger charge is 2.36. The van der Waals surface area contributed by atoms with Crippen molar-refractivity contribution in [2.45, 2.75) is 35.5 Å². The quantitative estimate of drug-likeness (QED) is 0.408. The van der Waals surface area contributed by atoms with E-state index in [2.05, 4.69) is 25.4 Å². The first-order valence-electron chi connectivity index (χ1n) is 10.0. The third-order valence-corrected chi connectivity index (χ3v) is 8.28. The van der Waals surface area contributed by atoms with Gasteiger partial charge in [-0.15, -0.1) is 0 Å². The van der Waals surface area contributed by atoms with E-state index in [0.29, 0.717) is 53.5 Å². The molecule has 0 bridgehead atoms. The van der Waals surface area contributed by atoms with Crippen LogP contribution in [-0.4, -0.2) is 59.6 Å². The molecule has 166 valence electrons. The molecule has 5 rings (SSSR count). The summed E-state index contributed by atoms with van der Waals surface area (Å²) in [4.78, 5) is 31.8. The Kier molecular flexibility index (Phi) is 5.57. The molecular weight excluding hydrogens is 454 g/mol. The van der Waals surface area contributed by atoms with Crippen molar-refractivity contribution >= 4 is 48.3 Å². The minimum atomic E-state index is -3.33. The van der Waals surface area contributed by atoms with E-state index in [4.69, 9.17) is 9.57 Å². The molecule has 1 aliphatic heterocycles. The zero-order chi connectivity index (χ0) is 22.1. The predicted octanol–water partition coefficient (Wildman–Crippen LogP) is 2.17. The highest BCUT2D eigenvalue weighted by atomic mass is 32.2. The number of aromatic nitrogens is 3. The molecule has 0 radical (unpaired) electrons. The second-order valence-electron chi connectivity index (χ2n) is 7.49. The number of thiazole rings is 1. The summed E-state index contributed by atoms with van der Waals surface area (Å²) in [5.74, 6) is -0.534. The lowest BCUT2D eigenvalue weighted by Gasteiger charge is -2.10. The fourth-order valence-electron chi connectivity index (χ4n) is 3.22. The molecular formula is C20H19N5O5S2. The Labute approximate surface area is 187 Å². The molecule has 1 aromatic carbocycles. The van der Waals surface area contributed by atoms with E-state index in [1.54, 1.807) is 18.3 Å². The number of carbonyl (C=O) groups excluding carboxylic acids is 1. The van der Waals surface area contributed by atoms with Crippen LogP contribution in [0.5, 0.6) is 0 Å².